The van der Waals surface area contributed by atoms with Gasteiger partial charge in [-0.1, -0.05) is 43.6 Å². The number of aromatic nitrogens is 1. The highest BCUT2D eigenvalue weighted by Gasteiger charge is 2.51. The first kappa shape index (κ1) is 26.4. The van der Waals surface area contributed by atoms with Crippen LogP contribution in [0.2, 0.25) is 5.02 Å². The summed E-state index contributed by atoms with van der Waals surface area (Å²) >= 11 is 5.82. The molecule has 2 atom stereocenters. The maximum atomic E-state index is 15.0. The van der Waals surface area contributed by atoms with Crippen LogP contribution in [0.1, 0.15) is 55.0 Å². The Kier molecular flexibility index (Phi) is 6.18. The van der Waals surface area contributed by atoms with Crippen LogP contribution >= 0.6 is 11.6 Å². The second-order valence-corrected chi connectivity index (χ2v) is 11.8. The Morgan fingerprint density at radius 2 is 1.93 bits per heavy atom. The van der Waals surface area contributed by atoms with Crippen LogP contribution in [-0.4, -0.2) is 34.2 Å². The topological polar surface area (TPSA) is 91.4 Å². The largest absolute Gasteiger partial charge is 0.326 e. The Morgan fingerprint density at radius 1 is 1.15 bits per heavy atom. The van der Waals surface area contributed by atoms with Crippen LogP contribution in [0.4, 0.5) is 20.3 Å². The van der Waals surface area contributed by atoms with E-state index in [0.29, 0.717) is 37.2 Å². The first-order valence-corrected chi connectivity index (χ1v) is 13.5. The number of halogens is 3. The summed E-state index contributed by atoms with van der Waals surface area (Å²) in [7, 11) is 0. The monoisotopic (exact) mass is 564 g/mol. The number of fused-ring (bicyclic) bond motifs is 3. The van der Waals surface area contributed by atoms with E-state index in [9.17, 15) is 23.2 Å². The Morgan fingerprint density at radius 3 is 2.73 bits per heavy atom. The summed E-state index contributed by atoms with van der Waals surface area (Å²) in [5.74, 6) is -2.07. The molecule has 0 radical (unpaired) electrons. The molecular weight excluding hydrogens is 538 g/mol. The quantitative estimate of drug-likeness (QED) is 0.419. The predicted octanol–water partition coefficient (Wildman–Crippen LogP) is 5.33. The minimum Gasteiger partial charge on any atom is -0.326 e. The van der Waals surface area contributed by atoms with Gasteiger partial charge in [0.1, 0.15) is 29.0 Å². The first-order chi connectivity index (χ1) is 19.0. The lowest BCUT2D eigenvalue weighted by Gasteiger charge is -2.43. The number of amides is 3. The van der Waals surface area contributed by atoms with Gasteiger partial charge in [-0.05, 0) is 61.1 Å². The molecule has 1 fully saturated rings. The van der Waals surface area contributed by atoms with Gasteiger partial charge in [0.15, 0.2) is 0 Å². The molecule has 2 unspecified atom stereocenters. The van der Waals surface area contributed by atoms with E-state index < -0.39 is 39.4 Å². The predicted molar refractivity (Wildman–Crippen MR) is 146 cm³/mol. The molecule has 206 valence electrons. The van der Waals surface area contributed by atoms with E-state index in [0.717, 1.165) is 22.8 Å². The Labute approximate surface area is 234 Å². The van der Waals surface area contributed by atoms with Gasteiger partial charge in [0.2, 0.25) is 17.7 Å². The number of carbonyl (C=O) groups is 3. The average Bonchev–Trinajstić information content (AvgIpc) is 3.43. The van der Waals surface area contributed by atoms with Crippen molar-refractivity contribution in [3.8, 4) is 0 Å². The van der Waals surface area contributed by atoms with E-state index in [2.05, 4.69) is 15.6 Å². The molecular formula is C30H27ClF2N4O3. The van der Waals surface area contributed by atoms with Crippen LogP contribution in [-0.2, 0) is 32.6 Å². The summed E-state index contributed by atoms with van der Waals surface area (Å²) in [5, 5.41) is 5.11. The number of nitrogens with zero attached hydrogens (tertiary/aromatic N) is 2. The van der Waals surface area contributed by atoms with Crippen LogP contribution in [0, 0.1) is 17.0 Å². The van der Waals surface area contributed by atoms with Crippen molar-refractivity contribution in [2.45, 2.75) is 51.0 Å². The summed E-state index contributed by atoms with van der Waals surface area (Å²) in [6.07, 6.45) is 3.52. The number of likely N-dealkylation sites (tertiary alicyclic amines) is 1. The molecule has 3 amide bonds. The lowest BCUT2D eigenvalue weighted by molar-refractivity contribution is -0.150. The normalized spacial score (nSPS) is 22.7. The molecule has 7 nitrogen and oxygen atoms in total. The molecule has 1 aromatic heterocycles. The zero-order chi connectivity index (χ0) is 28.4. The van der Waals surface area contributed by atoms with Crippen LogP contribution in [0.5, 0.6) is 0 Å². The number of nitrogens with one attached hydrogen (secondary N) is 2. The second kappa shape index (κ2) is 9.37. The third-order valence-electron chi connectivity index (χ3n) is 8.46. The lowest BCUT2D eigenvalue weighted by atomic mass is 9.78. The van der Waals surface area contributed by atoms with Crippen molar-refractivity contribution in [2.75, 3.05) is 17.2 Å². The number of carbonyl (C=O) groups excluding carboxylic acids is 3. The van der Waals surface area contributed by atoms with Gasteiger partial charge in [-0.15, -0.1) is 0 Å². The molecule has 2 aromatic carbocycles. The minimum atomic E-state index is -0.926. The highest BCUT2D eigenvalue weighted by Crippen LogP contribution is 2.47. The Bertz CT molecular complexity index is 1590. The molecule has 40 heavy (non-hydrogen) atoms. The van der Waals surface area contributed by atoms with Crippen molar-refractivity contribution in [3.63, 3.8) is 0 Å². The molecule has 6 rings (SSSR count). The second-order valence-electron chi connectivity index (χ2n) is 11.5. The number of hydrogen-bond donors (Lipinski definition) is 2. The number of piperidine rings is 1. The average molecular weight is 565 g/mol. The summed E-state index contributed by atoms with van der Waals surface area (Å²) < 4.78 is 28.8. The van der Waals surface area contributed by atoms with Gasteiger partial charge >= 0.3 is 0 Å². The molecule has 2 N–H and O–H groups in total. The number of benzene rings is 2. The minimum absolute atomic E-state index is 0.0792. The summed E-state index contributed by atoms with van der Waals surface area (Å²) in [5.41, 5.74) is 1.96. The third-order valence-corrected chi connectivity index (χ3v) is 8.81. The Balaban J connectivity index is 1.23. The van der Waals surface area contributed by atoms with E-state index in [-0.39, 0.29) is 23.9 Å². The van der Waals surface area contributed by atoms with Crippen molar-refractivity contribution >= 4 is 40.8 Å². The van der Waals surface area contributed by atoms with Gasteiger partial charge in [0, 0.05) is 28.4 Å². The molecule has 0 bridgehead atoms. The highest BCUT2D eigenvalue weighted by molar-refractivity contribution is 6.31. The lowest BCUT2D eigenvalue weighted by Crippen LogP contribution is -2.50. The summed E-state index contributed by atoms with van der Waals surface area (Å²) in [4.78, 5) is 45.2. The highest BCUT2D eigenvalue weighted by atomic mass is 35.5. The van der Waals surface area contributed by atoms with Gasteiger partial charge in [0.25, 0.3) is 0 Å². The van der Waals surface area contributed by atoms with Crippen LogP contribution in [0.15, 0.2) is 48.7 Å². The van der Waals surface area contributed by atoms with Crippen molar-refractivity contribution in [1.29, 1.82) is 0 Å². The molecule has 1 spiro atoms. The number of rotatable bonds is 4. The molecule has 1 aliphatic carbocycles. The molecule has 3 aromatic rings. The van der Waals surface area contributed by atoms with Gasteiger partial charge < -0.3 is 15.5 Å². The summed E-state index contributed by atoms with van der Waals surface area (Å²) in [6, 6.07) is 10.8. The molecule has 3 aliphatic rings. The molecule has 0 saturated carbocycles. The van der Waals surface area contributed by atoms with Crippen molar-refractivity contribution in [1.82, 2.24) is 9.88 Å². The van der Waals surface area contributed by atoms with Gasteiger partial charge in [-0.25, -0.2) is 13.8 Å². The number of pyridine rings is 1. The fraction of sp³-hybridized carbons (Fsp3) is 0.333. The third kappa shape index (κ3) is 4.15. The van der Waals surface area contributed by atoms with E-state index in [1.165, 1.54) is 11.0 Å². The molecule has 10 heteroatoms. The maximum Gasteiger partial charge on any atom is 0.244 e. The number of hydrogen-bond acceptors (Lipinski definition) is 4. The van der Waals surface area contributed by atoms with Crippen LogP contribution in [0.3, 0.4) is 0 Å². The zero-order valence-electron chi connectivity index (χ0n) is 22.0. The van der Waals surface area contributed by atoms with Crippen molar-refractivity contribution < 1.29 is 23.2 Å². The van der Waals surface area contributed by atoms with E-state index in [4.69, 9.17) is 11.6 Å². The fourth-order valence-corrected chi connectivity index (χ4v) is 6.47. The first-order valence-electron chi connectivity index (χ1n) is 13.1. The maximum absolute atomic E-state index is 15.0. The molecule has 1 saturated heterocycles. The van der Waals surface area contributed by atoms with E-state index in [1.54, 1.807) is 26.1 Å². The van der Waals surface area contributed by atoms with Crippen molar-refractivity contribution in [3.05, 3.63) is 87.6 Å². The molecule has 3 heterocycles. The van der Waals surface area contributed by atoms with Crippen LogP contribution in [0.25, 0.3) is 0 Å². The SMILES string of the molecule is CC1(C)CCC(c2ccc(F)c(Cl)c2F)N(CC(=O)Nc2ccc3c(c2)CC2(C3)C(=O)Nc3ncccc32)C1=O. The number of anilines is 2. The zero-order valence-corrected chi connectivity index (χ0v) is 22.7. The smallest absolute Gasteiger partial charge is 0.244 e. The van der Waals surface area contributed by atoms with Gasteiger partial charge in [-0.3, -0.25) is 14.4 Å². The standard InChI is InChI=1S/C30H27ClF2N4O3/c1-29(2)10-9-22(19-7-8-21(32)24(31)25(19)33)37(28(29)40)15-23(38)35-18-6-5-16-13-30(14-17(16)12-18)20-4-3-11-34-26(20)36-27(30)39/h3-8,11-12,22H,9-10,13-15H2,1-2H3,(H,35,38)(H,34,36,39). The van der Waals surface area contributed by atoms with Crippen LogP contribution < -0.4 is 10.6 Å². The fourth-order valence-electron chi connectivity index (χ4n) is 6.29. The van der Waals surface area contributed by atoms with E-state index in [1.807, 2.05) is 24.3 Å². The van der Waals surface area contributed by atoms with E-state index >= 15 is 0 Å². The Hall–Kier alpha value is -3.85. The van der Waals surface area contributed by atoms with Gasteiger partial charge in [-0.2, -0.15) is 0 Å². The van der Waals surface area contributed by atoms with Gasteiger partial charge in [0.05, 0.1) is 11.5 Å². The summed E-state index contributed by atoms with van der Waals surface area (Å²) in [6.45, 7) is 3.26. The molecule has 2 aliphatic heterocycles. The van der Waals surface area contributed by atoms with Crippen molar-refractivity contribution in [2.24, 2.45) is 5.41 Å².